The standard InChI is InChI=1S/C53H97NO5/c1-4-7-10-13-16-19-22-24-26-28-30-32-35-38-41-44-49(59-53(58)46-43-40-37-34-31-29-27-25-23-20-17-14-11-8-5-2)47-52(57)54-50(48-55)51(56)45-42-39-36-33-21-18-15-12-9-6-3/h8,11,14,17,20,23,25,27,49-51,55-56H,4-7,9-10,12-13,15-16,18-19,21-22,24,26,28-48H2,1-3H3,(H,54,57)/b11-8+,17-14+,23-20+,27-25-. The number of carbonyl (C=O) groups is 2. The predicted molar refractivity (Wildman–Crippen MR) is 255 cm³/mol. The van der Waals surface area contributed by atoms with Crippen molar-refractivity contribution in [2.24, 2.45) is 0 Å². The summed E-state index contributed by atoms with van der Waals surface area (Å²) in [5.74, 6) is -0.493. The Balaban J connectivity index is 4.61. The second kappa shape index (κ2) is 46.9. The smallest absolute Gasteiger partial charge is 0.306 e. The molecule has 0 spiro atoms. The predicted octanol–water partition coefficient (Wildman–Crippen LogP) is 15.1. The van der Waals surface area contributed by atoms with Crippen LogP contribution in [0.4, 0.5) is 0 Å². The highest BCUT2D eigenvalue weighted by Crippen LogP contribution is 2.18. The number of unbranched alkanes of at least 4 members (excludes halogenated alkanes) is 28. The van der Waals surface area contributed by atoms with Crippen molar-refractivity contribution in [3.8, 4) is 0 Å². The van der Waals surface area contributed by atoms with Crippen LogP contribution in [-0.4, -0.2) is 46.9 Å². The molecule has 6 nitrogen and oxygen atoms in total. The van der Waals surface area contributed by atoms with Gasteiger partial charge in [-0.25, -0.2) is 0 Å². The summed E-state index contributed by atoms with van der Waals surface area (Å²) >= 11 is 0. The molecule has 6 heteroatoms. The van der Waals surface area contributed by atoms with Gasteiger partial charge in [-0.1, -0.05) is 243 Å². The summed E-state index contributed by atoms with van der Waals surface area (Å²) in [7, 11) is 0. The average Bonchev–Trinajstić information content (AvgIpc) is 3.23. The molecule has 0 saturated heterocycles. The van der Waals surface area contributed by atoms with Gasteiger partial charge < -0.3 is 20.3 Å². The summed E-state index contributed by atoms with van der Waals surface area (Å²) in [6.07, 6.45) is 56.0. The Morgan fingerprint density at radius 2 is 0.915 bits per heavy atom. The number of aliphatic hydroxyl groups excluding tert-OH is 2. The summed E-state index contributed by atoms with van der Waals surface area (Å²) in [5.41, 5.74) is 0. The van der Waals surface area contributed by atoms with Crippen molar-refractivity contribution in [3.05, 3.63) is 48.6 Å². The van der Waals surface area contributed by atoms with Gasteiger partial charge in [-0.2, -0.15) is 0 Å². The highest BCUT2D eigenvalue weighted by atomic mass is 16.5. The molecule has 3 N–H and O–H groups in total. The first kappa shape index (κ1) is 56.8. The Labute approximate surface area is 366 Å². The Bertz CT molecular complexity index is 1020. The van der Waals surface area contributed by atoms with Crippen LogP contribution in [0.3, 0.4) is 0 Å². The Morgan fingerprint density at radius 3 is 1.39 bits per heavy atom. The lowest BCUT2D eigenvalue weighted by Crippen LogP contribution is -2.46. The van der Waals surface area contributed by atoms with Crippen LogP contribution in [0.1, 0.15) is 252 Å². The highest BCUT2D eigenvalue weighted by Gasteiger charge is 2.24. The van der Waals surface area contributed by atoms with Crippen molar-refractivity contribution in [1.82, 2.24) is 5.32 Å². The number of esters is 1. The topological polar surface area (TPSA) is 95.9 Å². The van der Waals surface area contributed by atoms with Gasteiger partial charge in [0.15, 0.2) is 0 Å². The Hall–Kier alpha value is -2.18. The van der Waals surface area contributed by atoms with Gasteiger partial charge in [-0.15, -0.1) is 0 Å². The van der Waals surface area contributed by atoms with E-state index < -0.39 is 18.2 Å². The number of aliphatic hydroxyl groups is 2. The van der Waals surface area contributed by atoms with E-state index in [2.05, 4.69) is 56.5 Å². The fourth-order valence-corrected chi connectivity index (χ4v) is 7.68. The fourth-order valence-electron chi connectivity index (χ4n) is 7.68. The van der Waals surface area contributed by atoms with Crippen LogP contribution in [0.25, 0.3) is 0 Å². The number of hydrogen-bond donors (Lipinski definition) is 3. The first-order chi connectivity index (χ1) is 29.0. The molecular weight excluding hydrogens is 731 g/mol. The van der Waals surface area contributed by atoms with Crippen LogP contribution in [0, 0.1) is 0 Å². The molecule has 0 rings (SSSR count). The first-order valence-corrected chi connectivity index (χ1v) is 25.4. The number of nitrogens with one attached hydrogen (secondary N) is 1. The fraction of sp³-hybridized carbons (Fsp3) is 0.811. The molecule has 0 aromatic heterocycles. The van der Waals surface area contributed by atoms with E-state index in [1.165, 1.54) is 128 Å². The lowest BCUT2D eigenvalue weighted by molar-refractivity contribution is -0.151. The van der Waals surface area contributed by atoms with Gasteiger partial charge in [0.25, 0.3) is 0 Å². The normalized spacial score (nSPS) is 13.6. The molecule has 3 unspecified atom stereocenters. The van der Waals surface area contributed by atoms with E-state index in [0.717, 1.165) is 77.0 Å². The zero-order valence-electron chi connectivity index (χ0n) is 39.1. The van der Waals surface area contributed by atoms with Crippen molar-refractivity contribution >= 4 is 11.9 Å². The Kier molecular flexibility index (Phi) is 45.1. The molecule has 0 aliphatic heterocycles. The van der Waals surface area contributed by atoms with Crippen molar-refractivity contribution in [1.29, 1.82) is 0 Å². The van der Waals surface area contributed by atoms with Gasteiger partial charge in [0.05, 0.1) is 25.2 Å². The number of amides is 1. The molecule has 0 fully saturated rings. The van der Waals surface area contributed by atoms with Crippen LogP contribution >= 0.6 is 0 Å². The third-order valence-electron chi connectivity index (χ3n) is 11.5. The van der Waals surface area contributed by atoms with E-state index in [4.69, 9.17) is 4.74 Å². The Morgan fingerprint density at radius 1 is 0.508 bits per heavy atom. The molecule has 344 valence electrons. The maximum absolute atomic E-state index is 13.2. The second-order valence-electron chi connectivity index (χ2n) is 17.3. The number of ether oxygens (including phenoxy) is 1. The number of carbonyl (C=O) groups excluding carboxylic acids is 2. The lowest BCUT2D eigenvalue weighted by atomic mass is 10.0. The molecule has 59 heavy (non-hydrogen) atoms. The van der Waals surface area contributed by atoms with Crippen LogP contribution in [0.5, 0.6) is 0 Å². The summed E-state index contributed by atoms with van der Waals surface area (Å²) < 4.78 is 5.93. The van der Waals surface area contributed by atoms with E-state index in [0.29, 0.717) is 19.3 Å². The zero-order valence-corrected chi connectivity index (χ0v) is 39.1. The summed E-state index contributed by atoms with van der Waals surface area (Å²) in [6.45, 7) is 6.34. The van der Waals surface area contributed by atoms with Gasteiger partial charge in [-0.3, -0.25) is 9.59 Å². The first-order valence-electron chi connectivity index (χ1n) is 25.4. The molecular formula is C53H97NO5. The number of rotatable bonds is 45. The third-order valence-corrected chi connectivity index (χ3v) is 11.5. The van der Waals surface area contributed by atoms with E-state index in [-0.39, 0.29) is 24.9 Å². The van der Waals surface area contributed by atoms with Crippen LogP contribution in [0.15, 0.2) is 48.6 Å². The number of hydrogen-bond acceptors (Lipinski definition) is 5. The second-order valence-corrected chi connectivity index (χ2v) is 17.3. The van der Waals surface area contributed by atoms with Crippen molar-refractivity contribution in [2.45, 2.75) is 270 Å². The molecule has 0 heterocycles. The monoisotopic (exact) mass is 828 g/mol. The minimum atomic E-state index is -0.789. The molecule has 1 amide bonds. The number of allylic oxidation sites excluding steroid dienone is 8. The zero-order chi connectivity index (χ0) is 43.1. The van der Waals surface area contributed by atoms with Crippen molar-refractivity contribution in [3.63, 3.8) is 0 Å². The van der Waals surface area contributed by atoms with Gasteiger partial charge in [0.2, 0.25) is 5.91 Å². The lowest BCUT2D eigenvalue weighted by Gasteiger charge is -2.24. The van der Waals surface area contributed by atoms with E-state index >= 15 is 0 Å². The molecule has 0 aromatic carbocycles. The maximum Gasteiger partial charge on any atom is 0.306 e. The van der Waals surface area contributed by atoms with Gasteiger partial charge >= 0.3 is 5.97 Å². The molecule has 0 aliphatic rings. The summed E-state index contributed by atoms with van der Waals surface area (Å²) in [6, 6.07) is -0.703. The molecule has 0 aromatic rings. The average molecular weight is 828 g/mol. The molecule has 0 aliphatic carbocycles. The van der Waals surface area contributed by atoms with Crippen molar-refractivity contribution < 1.29 is 24.5 Å². The molecule has 0 bridgehead atoms. The molecule has 0 saturated carbocycles. The molecule has 3 atom stereocenters. The summed E-state index contributed by atoms with van der Waals surface area (Å²) in [5, 5.41) is 23.7. The largest absolute Gasteiger partial charge is 0.462 e. The van der Waals surface area contributed by atoms with Crippen LogP contribution in [0.2, 0.25) is 0 Å². The minimum Gasteiger partial charge on any atom is -0.462 e. The highest BCUT2D eigenvalue weighted by molar-refractivity contribution is 5.77. The van der Waals surface area contributed by atoms with E-state index in [1.807, 2.05) is 18.2 Å². The van der Waals surface area contributed by atoms with E-state index in [1.54, 1.807) is 0 Å². The van der Waals surface area contributed by atoms with E-state index in [9.17, 15) is 19.8 Å². The molecule has 0 radical (unpaired) electrons. The quantitative estimate of drug-likeness (QED) is 0.0323. The maximum atomic E-state index is 13.2. The van der Waals surface area contributed by atoms with Crippen LogP contribution < -0.4 is 5.32 Å². The third kappa shape index (κ3) is 42.3. The minimum absolute atomic E-state index is 0.0702. The summed E-state index contributed by atoms with van der Waals surface area (Å²) in [4.78, 5) is 26.1. The SMILES string of the molecule is CC/C=C/C=C/C=C/C=C\CCCCCCCC(=O)OC(CCCCCCCCCCCCCCCCC)CC(=O)NC(CO)C(O)CCCCCCCCCCCC. The van der Waals surface area contributed by atoms with Gasteiger partial charge in [0, 0.05) is 6.42 Å². The van der Waals surface area contributed by atoms with Gasteiger partial charge in [-0.05, 0) is 44.9 Å². The van der Waals surface area contributed by atoms with Crippen molar-refractivity contribution in [2.75, 3.05) is 6.61 Å². The van der Waals surface area contributed by atoms with Gasteiger partial charge in [0.1, 0.15) is 6.10 Å². The van der Waals surface area contributed by atoms with Crippen LogP contribution in [-0.2, 0) is 14.3 Å².